The lowest BCUT2D eigenvalue weighted by Crippen LogP contribution is -2.50. The van der Waals surface area contributed by atoms with Gasteiger partial charge in [-0.25, -0.2) is 0 Å². The van der Waals surface area contributed by atoms with E-state index >= 15 is 0 Å². The minimum Gasteiger partial charge on any atom is -0.460 e. The number of rotatable bonds is 12. The van der Waals surface area contributed by atoms with Crippen LogP contribution in [-0.2, 0) is 14.3 Å². The average Bonchev–Trinajstić information content (AvgIpc) is 3.49. The third kappa shape index (κ3) is 10.2. The van der Waals surface area contributed by atoms with Gasteiger partial charge in [-0.15, -0.1) is 0 Å². The van der Waals surface area contributed by atoms with Crippen molar-refractivity contribution >= 4 is 11.9 Å². The molecule has 2 saturated carbocycles. The van der Waals surface area contributed by atoms with Gasteiger partial charge < -0.3 is 20.3 Å². The van der Waals surface area contributed by atoms with E-state index in [9.17, 15) is 19.8 Å². The molecule has 3 N–H and O–H groups in total. The summed E-state index contributed by atoms with van der Waals surface area (Å²) < 4.78 is 5.58. The number of hydrogen-bond donors (Lipinski definition) is 3. The third-order valence-electron chi connectivity index (χ3n) is 6.66. The van der Waals surface area contributed by atoms with Crippen LogP contribution in [0.4, 0.5) is 0 Å². The molecule has 0 saturated heterocycles. The molecule has 0 aromatic heterocycles. The Morgan fingerprint density at radius 1 is 0.969 bits per heavy atom. The van der Waals surface area contributed by atoms with Crippen LogP contribution in [0.3, 0.4) is 0 Å². The second-order valence-electron chi connectivity index (χ2n) is 11.7. The van der Waals surface area contributed by atoms with Crippen LogP contribution in [0, 0.1) is 23.7 Å². The topological polar surface area (TPSA) is 95.9 Å². The lowest BCUT2D eigenvalue weighted by molar-refractivity contribution is -0.161. The molecule has 2 aliphatic carbocycles. The van der Waals surface area contributed by atoms with Crippen LogP contribution in [0.5, 0.6) is 0 Å². The molecule has 186 valence electrons. The molecule has 1 unspecified atom stereocenters. The molecule has 0 aromatic rings. The van der Waals surface area contributed by atoms with Gasteiger partial charge >= 0.3 is 5.97 Å². The molecule has 0 bridgehead atoms. The highest BCUT2D eigenvalue weighted by Gasteiger charge is 2.35. The predicted molar refractivity (Wildman–Crippen MR) is 126 cm³/mol. The molecule has 2 rings (SSSR count). The zero-order chi connectivity index (χ0) is 23.9. The van der Waals surface area contributed by atoms with Gasteiger partial charge in [0.05, 0.1) is 18.1 Å². The van der Waals surface area contributed by atoms with E-state index < -0.39 is 29.8 Å². The largest absolute Gasteiger partial charge is 0.460 e. The summed E-state index contributed by atoms with van der Waals surface area (Å²) in [5, 5.41) is 24.5. The van der Waals surface area contributed by atoms with Crippen molar-refractivity contribution in [3.05, 3.63) is 0 Å². The summed E-state index contributed by atoms with van der Waals surface area (Å²) in [6.07, 6.45) is 8.01. The molecule has 32 heavy (non-hydrogen) atoms. The van der Waals surface area contributed by atoms with Crippen molar-refractivity contribution in [2.24, 2.45) is 23.7 Å². The van der Waals surface area contributed by atoms with Gasteiger partial charge in [0.15, 0.2) is 0 Å². The lowest BCUT2D eigenvalue weighted by atomic mass is 9.82. The quantitative estimate of drug-likeness (QED) is 0.382. The summed E-state index contributed by atoms with van der Waals surface area (Å²) in [5.41, 5.74) is -0.587. The van der Waals surface area contributed by atoms with Crippen LogP contribution in [0.2, 0.25) is 0 Å². The fourth-order valence-electron chi connectivity index (χ4n) is 4.85. The van der Waals surface area contributed by atoms with Crippen molar-refractivity contribution in [3.8, 4) is 0 Å². The molecule has 6 heteroatoms. The number of carbonyl (C=O) groups excluding carboxylic acids is 2. The van der Waals surface area contributed by atoms with E-state index in [1.165, 1.54) is 19.3 Å². The first-order chi connectivity index (χ1) is 14.9. The Hall–Kier alpha value is -1.14. The maximum atomic E-state index is 13.0. The van der Waals surface area contributed by atoms with Crippen molar-refractivity contribution in [2.75, 3.05) is 0 Å². The maximum Gasteiger partial charge on any atom is 0.309 e. The molecule has 1 amide bonds. The molecular formula is C26H47NO5. The van der Waals surface area contributed by atoms with Gasteiger partial charge in [0, 0.05) is 6.42 Å². The average molecular weight is 454 g/mol. The molecule has 2 aliphatic rings. The molecule has 6 nitrogen and oxygen atoms in total. The SMILES string of the molecule is CC(C)C[C@H](O)[C@H](O)[C@H](CC1CCCCC1)NC(=O)CC(CC1CC1)C(=O)OC(C)(C)C. The summed E-state index contributed by atoms with van der Waals surface area (Å²) in [6.45, 7) is 9.53. The summed E-state index contributed by atoms with van der Waals surface area (Å²) in [6, 6.07) is -0.500. The van der Waals surface area contributed by atoms with E-state index in [2.05, 4.69) is 5.32 Å². The van der Waals surface area contributed by atoms with E-state index in [1.54, 1.807) is 0 Å². The lowest BCUT2D eigenvalue weighted by Gasteiger charge is -2.33. The molecule has 0 radical (unpaired) electrons. The number of hydrogen-bond acceptors (Lipinski definition) is 5. The number of ether oxygens (including phenoxy) is 1. The first kappa shape index (κ1) is 27.1. The maximum absolute atomic E-state index is 13.0. The fourth-order valence-corrected chi connectivity index (χ4v) is 4.85. The zero-order valence-electron chi connectivity index (χ0n) is 20.9. The Labute approximate surface area is 194 Å². The Morgan fingerprint density at radius 3 is 2.09 bits per heavy atom. The van der Waals surface area contributed by atoms with E-state index in [1.807, 2.05) is 34.6 Å². The highest BCUT2D eigenvalue weighted by Crippen LogP contribution is 2.37. The first-order valence-electron chi connectivity index (χ1n) is 12.8. The number of carbonyl (C=O) groups is 2. The van der Waals surface area contributed by atoms with Crippen molar-refractivity contribution in [3.63, 3.8) is 0 Å². The minimum absolute atomic E-state index is 0.0690. The number of aliphatic hydroxyl groups is 2. The second-order valence-corrected chi connectivity index (χ2v) is 11.7. The zero-order valence-corrected chi connectivity index (χ0v) is 20.9. The highest BCUT2D eigenvalue weighted by atomic mass is 16.6. The monoisotopic (exact) mass is 453 g/mol. The summed E-state index contributed by atoms with van der Waals surface area (Å²) in [5.74, 6) is 0.178. The van der Waals surface area contributed by atoms with Gasteiger partial charge in [-0.1, -0.05) is 58.8 Å². The molecule has 4 atom stereocenters. The summed E-state index contributed by atoms with van der Waals surface area (Å²) in [4.78, 5) is 25.7. The smallest absolute Gasteiger partial charge is 0.309 e. The first-order valence-corrected chi connectivity index (χ1v) is 12.8. The Kier molecular flexibility index (Phi) is 10.5. The van der Waals surface area contributed by atoms with E-state index in [-0.39, 0.29) is 24.2 Å². The Morgan fingerprint density at radius 2 is 1.56 bits per heavy atom. The standard InChI is InChI=1S/C26H47NO5/c1-17(2)13-22(28)24(30)21(15-18-9-7-6-8-10-18)27-23(29)16-20(14-19-11-12-19)25(31)32-26(3,4)5/h17-22,24,28,30H,6-16H2,1-5H3,(H,27,29)/t20?,21-,22-,24+/m0/s1. The molecule has 0 heterocycles. The number of aliphatic hydroxyl groups excluding tert-OH is 2. The van der Waals surface area contributed by atoms with Gasteiger partial charge in [0.25, 0.3) is 0 Å². The van der Waals surface area contributed by atoms with Gasteiger partial charge in [-0.05, 0) is 57.8 Å². The number of amides is 1. The molecule has 0 aromatic carbocycles. The van der Waals surface area contributed by atoms with Crippen LogP contribution in [0.15, 0.2) is 0 Å². The van der Waals surface area contributed by atoms with Crippen LogP contribution < -0.4 is 5.32 Å². The van der Waals surface area contributed by atoms with Crippen LogP contribution in [-0.4, -0.2) is 45.9 Å². The Balaban J connectivity index is 2.03. The van der Waals surface area contributed by atoms with Gasteiger partial charge in [-0.2, -0.15) is 0 Å². The van der Waals surface area contributed by atoms with Crippen LogP contribution >= 0.6 is 0 Å². The predicted octanol–water partition coefficient (Wildman–Crippen LogP) is 4.36. The van der Waals surface area contributed by atoms with Gasteiger partial charge in [-0.3, -0.25) is 9.59 Å². The van der Waals surface area contributed by atoms with E-state index in [4.69, 9.17) is 4.74 Å². The van der Waals surface area contributed by atoms with Gasteiger partial charge in [0.1, 0.15) is 11.7 Å². The van der Waals surface area contributed by atoms with Crippen molar-refractivity contribution in [1.82, 2.24) is 5.32 Å². The molecule has 2 fully saturated rings. The van der Waals surface area contributed by atoms with Gasteiger partial charge in [0.2, 0.25) is 5.91 Å². The van der Waals surface area contributed by atoms with Crippen LogP contribution in [0.1, 0.15) is 105 Å². The van der Waals surface area contributed by atoms with E-state index in [0.29, 0.717) is 31.1 Å². The van der Waals surface area contributed by atoms with Crippen molar-refractivity contribution in [1.29, 1.82) is 0 Å². The molecule has 0 aliphatic heterocycles. The fraction of sp³-hybridized carbons (Fsp3) is 0.923. The normalized spacial score (nSPS) is 21.6. The number of nitrogens with one attached hydrogen (secondary N) is 1. The van der Waals surface area contributed by atoms with Crippen LogP contribution in [0.25, 0.3) is 0 Å². The summed E-state index contributed by atoms with van der Waals surface area (Å²) >= 11 is 0. The number of esters is 1. The molecule has 0 spiro atoms. The second kappa shape index (κ2) is 12.4. The Bertz CT molecular complexity index is 590. The van der Waals surface area contributed by atoms with E-state index in [0.717, 1.165) is 25.7 Å². The summed E-state index contributed by atoms with van der Waals surface area (Å²) in [7, 11) is 0. The minimum atomic E-state index is -1.01. The highest BCUT2D eigenvalue weighted by molar-refractivity contribution is 5.83. The van der Waals surface area contributed by atoms with Crippen molar-refractivity contribution < 1.29 is 24.5 Å². The third-order valence-corrected chi connectivity index (χ3v) is 6.66. The van der Waals surface area contributed by atoms with Crippen molar-refractivity contribution in [2.45, 2.75) is 129 Å². The molecular weight excluding hydrogens is 406 g/mol.